The SMILES string of the molecule is CC1CCN(C(=O)N2CCN3CCCC3C2)C1C(=O)O. The summed E-state index contributed by atoms with van der Waals surface area (Å²) in [6, 6.07) is -0.242. The summed E-state index contributed by atoms with van der Waals surface area (Å²) in [4.78, 5) is 29.9. The number of carboxylic acids is 1. The summed E-state index contributed by atoms with van der Waals surface area (Å²) < 4.78 is 0. The van der Waals surface area contributed by atoms with Gasteiger partial charge >= 0.3 is 12.0 Å². The maximum absolute atomic E-state index is 12.6. The number of carbonyl (C=O) groups excluding carboxylic acids is 1. The molecule has 3 saturated heterocycles. The van der Waals surface area contributed by atoms with Gasteiger partial charge in [-0.1, -0.05) is 6.92 Å². The maximum Gasteiger partial charge on any atom is 0.326 e. The number of hydrogen-bond acceptors (Lipinski definition) is 3. The molecule has 3 heterocycles. The monoisotopic (exact) mass is 281 g/mol. The summed E-state index contributed by atoms with van der Waals surface area (Å²) in [7, 11) is 0. The average Bonchev–Trinajstić information content (AvgIpc) is 3.02. The van der Waals surface area contributed by atoms with Gasteiger partial charge in [0.2, 0.25) is 0 Å². The molecule has 6 heteroatoms. The Kier molecular flexibility index (Phi) is 3.58. The van der Waals surface area contributed by atoms with Crippen molar-refractivity contribution >= 4 is 12.0 Å². The van der Waals surface area contributed by atoms with Gasteiger partial charge in [0.25, 0.3) is 0 Å². The lowest BCUT2D eigenvalue weighted by atomic mass is 10.0. The number of amides is 2. The third-order valence-corrected chi connectivity index (χ3v) is 5.06. The molecule has 0 aromatic carbocycles. The molecule has 1 N–H and O–H groups in total. The van der Waals surface area contributed by atoms with Crippen LogP contribution < -0.4 is 0 Å². The minimum atomic E-state index is -0.872. The van der Waals surface area contributed by atoms with Crippen molar-refractivity contribution < 1.29 is 14.7 Å². The van der Waals surface area contributed by atoms with E-state index in [0.717, 1.165) is 39.0 Å². The quantitative estimate of drug-likeness (QED) is 0.768. The first-order chi connectivity index (χ1) is 9.58. The molecule has 0 radical (unpaired) electrons. The van der Waals surface area contributed by atoms with Crippen LogP contribution in [0.1, 0.15) is 26.2 Å². The third-order valence-electron chi connectivity index (χ3n) is 5.06. The average molecular weight is 281 g/mol. The summed E-state index contributed by atoms with van der Waals surface area (Å²) in [5, 5.41) is 9.33. The van der Waals surface area contributed by atoms with Gasteiger partial charge in [-0.25, -0.2) is 9.59 Å². The van der Waals surface area contributed by atoms with Gasteiger partial charge in [-0.2, -0.15) is 0 Å². The predicted molar refractivity (Wildman–Crippen MR) is 73.5 cm³/mol. The van der Waals surface area contributed by atoms with E-state index in [2.05, 4.69) is 4.90 Å². The van der Waals surface area contributed by atoms with Gasteiger partial charge < -0.3 is 14.9 Å². The highest BCUT2D eigenvalue weighted by molar-refractivity contribution is 5.83. The van der Waals surface area contributed by atoms with Crippen molar-refractivity contribution in [3.05, 3.63) is 0 Å². The Morgan fingerprint density at radius 3 is 2.65 bits per heavy atom. The zero-order valence-electron chi connectivity index (χ0n) is 12.0. The zero-order chi connectivity index (χ0) is 14.3. The summed E-state index contributed by atoms with van der Waals surface area (Å²) in [6.45, 7) is 6.05. The number of likely N-dealkylation sites (tertiary alicyclic amines) is 1. The molecule has 3 atom stereocenters. The number of rotatable bonds is 1. The van der Waals surface area contributed by atoms with E-state index in [4.69, 9.17) is 0 Å². The number of urea groups is 1. The lowest BCUT2D eigenvalue weighted by molar-refractivity contribution is -0.142. The van der Waals surface area contributed by atoms with E-state index in [9.17, 15) is 14.7 Å². The Hall–Kier alpha value is -1.30. The van der Waals surface area contributed by atoms with Gasteiger partial charge in [-0.15, -0.1) is 0 Å². The molecule has 0 spiro atoms. The van der Waals surface area contributed by atoms with Crippen molar-refractivity contribution in [3.63, 3.8) is 0 Å². The van der Waals surface area contributed by atoms with Gasteiger partial charge in [0.15, 0.2) is 0 Å². The maximum atomic E-state index is 12.6. The normalized spacial score (nSPS) is 34.4. The highest BCUT2D eigenvalue weighted by Gasteiger charge is 2.42. The van der Waals surface area contributed by atoms with E-state index >= 15 is 0 Å². The molecule has 0 aromatic rings. The molecule has 20 heavy (non-hydrogen) atoms. The third kappa shape index (κ3) is 2.26. The number of carbonyl (C=O) groups is 2. The van der Waals surface area contributed by atoms with Crippen LogP contribution in [0.2, 0.25) is 0 Å². The van der Waals surface area contributed by atoms with E-state index in [0.29, 0.717) is 12.6 Å². The topological polar surface area (TPSA) is 64.1 Å². The molecule has 3 aliphatic rings. The van der Waals surface area contributed by atoms with Crippen molar-refractivity contribution in [1.29, 1.82) is 0 Å². The zero-order valence-corrected chi connectivity index (χ0v) is 12.0. The molecule has 0 saturated carbocycles. The van der Waals surface area contributed by atoms with E-state index in [1.807, 2.05) is 11.8 Å². The van der Waals surface area contributed by atoms with Crippen molar-refractivity contribution in [2.45, 2.75) is 38.3 Å². The number of fused-ring (bicyclic) bond motifs is 1. The van der Waals surface area contributed by atoms with Crippen LogP contribution in [0, 0.1) is 5.92 Å². The highest BCUT2D eigenvalue weighted by Crippen LogP contribution is 2.27. The van der Waals surface area contributed by atoms with E-state index in [1.165, 1.54) is 6.42 Å². The lowest BCUT2D eigenvalue weighted by Crippen LogP contribution is -2.57. The molecular formula is C14H23N3O3. The second-order valence-corrected chi connectivity index (χ2v) is 6.30. The molecule has 3 rings (SSSR count). The Morgan fingerprint density at radius 2 is 1.90 bits per heavy atom. The van der Waals surface area contributed by atoms with Crippen molar-refractivity contribution in [3.8, 4) is 0 Å². The first kappa shape index (κ1) is 13.7. The van der Waals surface area contributed by atoms with Crippen LogP contribution in [0.25, 0.3) is 0 Å². The molecule has 3 unspecified atom stereocenters. The molecule has 0 aliphatic carbocycles. The van der Waals surface area contributed by atoms with E-state index < -0.39 is 12.0 Å². The Balaban J connectivity index is 1.68. The number of piperazine rings is 1. The molecular weight excluding hydrogens is 258 g/mol. The molecule has 6 nitrogen and oxygen atoms in total. The molecule has 0 aromatic heterocycles. The second kappa shape index (κ2) is 5.24. The molecule has 3 aliphatic heterocycles. The molecule has 3 fully saturated rings. The summed E-state index contributed by atoms with van der Waals surface area (Å²) >= 11 is 0. The number of hydrogen-bond donors (Lipinski definition) is 1. The van der Waals surface area contributed by atoms with Gasteiger partial charge in [-0.05, 0) is 31.7 Å². The second-order valence-electron chi connectivity index (χ2n) is 6.30. The summed E-state index contributed by atoms with van der Waals surface area (Å²) in [5.74, 6) is -0.827. The number of carboxylic acid groups (broad SMARTS) is 1. The van der Waals surface area contributed by atoms with Gasteiger partial charge in [0, 0.05) is 32.2 Å². The fraction of sp³-hybridized carbons (Fsp3) is 0.857. The first-order valence-electron chi connectivity index (χ1n) is 7.60. The largest absolute Gasteiger partial charge is 0.480 e. The highest BCUT2D eigenvalue weighted by atomic mass is 16.4. The first-order valence-corrected chi connectivity index (χ1v) is 7.60. The van der Waals surface area contributed by atoms with Crippen LogP contribution in [0.4, 0.5) is 4.79 Å². The smallest absolute Gasteiger partial charge is 0.326 e. The van der Waals surface area contributed by atoms with Gasteiger partial charge in [-0.3, -0.25) is 4.90 Å². The number of aliphatic carboxylic acids is 1. The predicted octanol–water partition coefficient (Wildman–Crippen LogP) is 0.681. The molecule has 0 bridgehead atoms. The standard InChI is InChI=1S/C14H23N3O3/c1-10-4-6-17(12(10)13(18)19)14(20)16-8-7-15-5-2-3-11(15)9-16/h10-12H,2-9H2,1H3,(H,18,19). The number of nitrogens with zero attached hydrogens (tertiary/aromatic N) is 3. The minimum absolute atomic E-state index is 0.0456. The van der Waals surface area contributed by atoms with Gasteiger partial charge in [0.05, 0.1) is 0 Å². The Labute approximate surface area is 119 Å². The molecule has 2 amide bonds. The van der Waals surface area contributed by atoms with Crippen molar-refractivity contribution in [1.82, 2.24) is 14.7 Å². The lowest BCUT2D eigenvalue weighted by Gasteiger charge is -2.39. The van der Waals surface area contributed by atoms with Crippen LogP contribution in [0.15, 0.2) is 0 Å². The minimum Gasteiger partial charge on any atom is -0.480 e. The summed E-state index contributed by atoms with van der Waals surface area (Å²) in [5.41, 5.74) is 0. The van der Waals surface area contributed by atoms with Gasteiger partial charge in [0.1, 0.15) is 6.04 Å². The van der Waals surface area contributed by atoms with Crippen LogP contribution >= 0.6 is 0 Å². The fourth-order valence-corrected chi connectivity index (χ4v) is 3.88. The Morgan fingerprint density at radius 1 is 1.10 bits per heavy atom. The van der Waals surface area contributed by atoms with Crippen LogP contribution in [0.3, 0.4) is 0 Å². The van der Waals surface area contributed by atoms with Crippen LogP contribution in [-0.2, 0) is 4.79 Å². The van der Waals surface area contributed by atoms with Crippen LogP contribution in [0.5, 0.6) is 0 Å². The molecule has 112 valence electrons. The Bertz CT molecular complexity index is 414. The van der Waals surface area contributed by atoms with Crippen molar-refractivity contribution in [2.75, 3.05) is 32.7 Å². The van der Waals surface area contributed by atoms with E-state index in [1.54, 1.807) is 4.90 Å². The van der Waals surface area contributed by atoms with Crippen LogP contribution in [-0.4, -0.2) is 76.6 Å². The van der Waals surface area contributed by atoms with E-state index in [-0.39, 0.29) is 11.9 Å². The fourth-order valence-electron chi connectivity index (χ4n) is 3.88. The van der Waals surface area contributed by atoms with Crippen molar-refractivity contribution in [2.24, 2.45) is 5.92 Å². The summed E-state index contributed by atoms with van der Waals surface area (Å²) in [6.07, 6.45) is 3.15.